The van der Waals surface area contributed by atoms with Crippen LogP contribution in [-0.4, -0.2) is 53.9 Å². The Morgan fingerprint density at radius 2 is 1.76 bits per heavy atom. The number of hydrogen-bond donors (Lipinski definition) is 4. The number of carboxylic acid groups (broad SMARTS) is 1. The van der Waals surface area contributed by atoms with Crippen LogP contribution in [0.15, 0.2) is 47.5 Å². The number of nitrogens with one attached hydrogen (secondary N) is 3. The predicted octanol–water partition coefficient (Wildman–Crippen LogP) is 3.64. The lowest BCUT2D eigenvalue weighted by atomic mass is 9.95. The molecule has 1 amide bonds. The summed E-state index contributed by atoms with van der Waals surface area (Å²) in [7, 11) is 0. The molecule has 8 nitrogen and oxygen atoms in total. The number of rotatable bonds is 9. The van der Waals surface area contributed by atoms with Gasteiger partial charge >= 0.3 is 5.97 Å². The number of carboxylic acids is 1. The molecule has 1 heterocycles. The van der Waals surface area contributed by atoms with Crippen molar-refractivity contribution in [1.82, 2.24) is 16.0 Å². The molecule has 4 rings (SSSR count). The van der Waals surface area contributed by atoms with Crippen molar-refractivity contribution in [3.8, 4) is 0 Å². The minimum Gasteiger partial charge on any atom is -0.480 e. The van der Waals surface area contributed by atoms with Crippen molar-refractivity contribution in [3.05, 3.63) is 69.2 Å². The summed E-state index contributed by atoms with van der Waals surface area (Å²) in [5, 5.41) is 19.1. The third kappa shape index (κ3) is 7.23. The van der Waals surface area contributed by atoms with E-state index in [1.54, 1.807) is 18.2 Å². The zero-order valence-corrected chi connectivity index (χ0v) is 21.8. The highest BCUT2D eigenvalue weighted by atomic mass is 35.5. The Morgan fingerprint density at radius 1 is 1.05 bits per heavy atom. The molecule has 0 unspecified atom stereocenters. The molecule has 0 aromatic heterocycles. The van der Waals surface area contributed by atoms with E-state index in [-0.39, 0.29) is 39.8 Å². The van der Waals surface area contributed by atoms with Gasteiger partial charge in [0.1, 0.15) is 11.8 Å². The fraction of sp³-hybridized carbons (Fsp3) is 0.407. The Balaban J connectivity index is 1.30. The molecule has 0 saturated heterocycles. The third-order valence-electron chi connectivity index (χ3n) is 6.76. The summed E-state index contributed by atoms with van der Waals surface area (Å²) < 4.78 is 0. The minimum atomic E-state index is -1.17. The molecule has 1 aliphatic carbocycles. The average molecular weight is 545 g/mol. The lowest BCUT2D eigenvalue weighted by Crippen LogP contribution is -2.45. The second-order valence-corrected chi connectivity index (χ2v) is 10.3. The SMILES string of the molecule is O=C(N[C@@H](Cc1ccc(CC(=O)[C@@H]2CC[C@@H](NC3=NCCCN3)C2)cc1)C(=O)O)c1c(Cl)cccc1Cl. The van der Waals surface area contributed by atoms with E-state index >= 15 is 0 Å². The Hall–Kier alpha value is -3.10. The lowest BCUT2D eigenvalue weighted by Gasteiger charge is -2.20. The van der Waals surface area contributed by atoms with Crippen molar-refractivity contribution in [3.63, 3.8) is 0 Å². The van der Waals surface area contributed by atoms with E-state index in [0.717, 1.165) is 55.9 Å². The lowest BCUT2D eigenvalue weighted by molar-refractivity contribution is -0.139. The van der Waals surface area contributed by atoms with Gasteiger partial charge in [-0.15, -0.1) is 0 Å². The Kier molecular flexibility index (Phi) is 9.05. The van der Waals surface area contributed by atoms with Gasteiger partial charge in [0, 0.05) is 37.9 Å². The average Bonchev–Trinajstić information content (AvgIpc) is 3.34. The van der Waals surface area contributed by atoms with Crippen molar-refractivity contribution < 1.29 is 19.5 Å². The quantitative estimate of drug-likeness (QED) is 0.382. The van der Waals surface area contributed by atoms with Crippen LogP contribution < -0.4 is 16.0 Å². The van der Waals surface area contributed by atoms with Gasteiger partial charge in [-0.25, -0.2) is 4.79 Å². The maximum absolute atomic E-state index is 12.9. The highest BCUT2D eigenvalue weighted by Gasteiger charge is 2.30. The minimum absolute atomic E-state index is 0.0182. The molecule has 196 valence electrons. The number of hydrogen-bond acceptors (Lipinski definition) is 6. The van der Waals surface area contributed by atoms with E-state index in [9.17, 15) is 19.5 Å². The van der Waals surface area contributed by atoms with Crippen molar-refractivity contribution in [2.45, 2.75) is 50.6 Å². The molecule has 37 heavy (non-hydrogen) atoms. The number of benzene rings is 2. The number of aliphatic imine (C=N–C) groups is 1. The molecule has 0 bridgehead atoms. The van der Waals surface area contributed by atoms with Crippen LogP contribution in [0.4, 0.5) is 0 Å². The van der Waals surface area contributed by atoms with Crippen LogP contribution in [0, 0.1) is 5.92 Å². The number of guanidine groups is 1. The van der Waals surface area contributed by atoms with Crippen LogP contribution >= 0.6 is 23.2 Å². The van der Waals surface area contributed by atoms with Crippen LogP contribution in [0.2, 0.25) is 10.0 Å². The van der Waals surface area contributed by atoms with E-state index in [4.69, 9.17) is 23.2 Å². The maximum Gasteiger partial charge on any atom is 0.326 e. The van der Waals surface area contributed by atoms with Gasteiger partial charge in [0.2, 0.25) is 0 Å². The molecule has 4 N–H and O–H groups in total. The van der Waals surface area contributed by atoms with Crippen LogP contribution in [0.25, 0.3) is 0 Å². The monoisotopic (exact) mass is 544 g/mol. The van der Waals surface area contributed by atoms with Gasteiger partial charge < -0.3 is 21.1 Å². The molecule has 2 aromatic carbocycles. The molecule has 2 aromatic rings. The van der Waals surface area contributed by atoms with Gasteiger partial charge in [0.15, 0.2) is 5.96 Å². The van der Waals surface area contributed by atoms with Crippen LogP contribution in [0.5, 0.6) is 0 Å². The number of halogens is 2. The van der Waals surface area contributed by atoms with Gasteiger partial charge in [-0.1, -0.05) is 53.5 Å². The Labute approximate surface area is 225 Å². The normalized spacial score (nSPS) is 19.9. The highest BCUT2D eigenvalue weighted by molar-refractivity contribution is 6.39. The molecule has 1 saturated carbocycles. The smallest absolute Gasteiger partial charge is 0.326 e. The van der Waals surface area contributed by atoms with E-state index in [1.165, 1.54) is 12.1 Å². The molecule has 1 fully saturated rings. The van der Waals surface area contributed by atoms with Gasteiger partial charge in [-0.3, -0.25) is 14.6 Å². The van der Waals surface area contributed by atoms with Gasteiger partial charge in [-0.05, 0) is 48.9 Å². The van der Waals surface area contributed by atoms with Crippen LogP contribution in [0.3, 0.4) is 0 Å². The number of aliphatic carboxylic acids is 1. The highest BCUT2D eigenvalue weighted by Crippen LogP contribution is 2.28. The fourth-order valence-electron chi connectivity index (χ4n) is 4.75. The standard InChI is InChI=1S/C27H30Cl2N4O4/c28-20-3-1-4-21(29)24(20)25(35)33-22(26(36)37)13-16-5-7-17(8-6-16)14-23(34)18-9-10-19(15-18)32-27-30-11-2-12-31-27/h1,3-8,18-19,22H,2,9-15H2,(H,33,35)(H,36,37)(H2,30,31,32)/t18-,19-,22+/m1/s1. The van der Waals surface area contributed by atoms with Gasteiger partial charge in [-0.2, -0.15) is 0 Å². The number of nitrogens with zero attached hydrogens (tertiary/aromatic N) is 1. The molecule has 2 aliphatic rings. The molecule has 1 aliphatic heterocycles. The van der Waals surface area contributed by atoms with Crippen LogP contribution in [0.1, 0.15) is 47.2 Å². The summed E-state index contributed by atoms with van der Waals surface area (Å²) in [6.07, 6.45) is 4.05. The zero-order valence-electron chi connectivity index (χ0n) is 20.3. The van der Waals surface area contributed by atoms with Crippen molar-refractivity contribution in [2.75, 3.05) is 13.1 Å². The van der Waals surface area contributed by atoms with E-state index in [2.05, 4.69) is 20.9 Å². The number of Topliss-reactive ketones (excluding diaryl/α,β-unsaturated/α-hetero) is 1. The van der Waals surface area contributed by atoms with E-state index in [0.29, 0.717) is 6.42 Å². The molecule has 0 radical (unpaired) electrons. The second-order valence-electron chi connectivity index (χ2n) is 9.49. The Morgan fingerprint density at radius 3 is 2.41 bits per heavy atom. The molecule has 10 heteroatoms. The topological polar surface area (TPSA) is 120 Å². The first kappa shape index (κ1) is 26.9. The predicted molar refractivity (Wildman–Crippen MR) is 143 cm³/mol. The third-order valence-corrected chi connectivity index (χ3v) is 7.39. The van der Waals surface area contributed by atoms with Crippen molar-refractivity contribution in [2.24, 2.45) is 10.9 Å². The van der Waals surface area contributed by atoms with E-state index < -0.39 is 17.9 Å². The molecule has 0 spiro atoms. The number of ketones is 1. The first-order chi connectivity index (χ1) is 17.8. The Bertz CT molecular complexity index is 1170. The van der Waals surface area contributed by atoms with Crippen molar-refractivity contribution >= 4 is 46.8 Å². The van der Waals surface area contributed by atoms with Gasteiger partial charge in [0.05, 0.1) is 15.6 Å². The summed E-state index contributed by atoms with van der Waals surface area (Å²) in [6, 6.07) is 11.0. The zero-order chi connectivity index (χ0) is 26.4. The largest absolute Gasteiger partial charge is 0.480 e. The molecular weight excluding hydrogens is 515 g/mol. The maximum atomic E-state index is 12.9. The van der Waals surface area contributed by atoms with Gasteiger partial charge in [0.25, 0.3) is 5.91 Å². The van der Waals surface area contributed by atoms with Crippen LogP contribution in [-0.2, 0) is 22.4 Å². The van der Waals surface area contributed by atoms with Crippen molar-refractivity contribution in [1.29, 1.82) is 0 Å². The summed E-state index contributed by atoms with van der Waals surface area (Å²) in [6.45, 7) is 1.75. The number of amides is 1. The number of carbonyl (C=O) groups is 3. The van der Waals surface area contributed by atoms with E-state index in [1.807, 2.05) is 12.1 Å². The molecule has 3 atom stereocenters. The first-order valence-electron chi connectivity index (χ1n) is 12.4. The summed E-state index contributed by atoms with van der Waals surface area (Å²) in [4.78, 5) is 41.8. The molecular formula is C27H30Cl2N4O4. The second kappa shape index (κ2) is 12.4. The summed E-state index contributed by atoms with van der Waals surface area (Å²) in [5.41, 5.74) is 1.64. The first-order valence-corrected chi connectivity index (χ1v) is 13.2. The summed E-state index contributed by atoms with van der Waals surface area (Å²) in [5.74, 6) is -0.756. The fourth-order valence-corrected chi connectivity index (χ4v) is 5.32. The number of carbonyl (C=O) groups excluding carboxylic acids is 2. The summed E-state index contributed by atoms with van der Waals surface area (Å²) >= 11 is 12.1.